The summed E-state index contributed by atoms with van der Waals surface area (Å²) in [6.45, 7) is 0.280. The number of hydrogen-bond donors (Lipinski definition) is 1. The molecule has 5 heteroatoms. The average molecular weight is 302 g/mol. The van der Waals surface area contributed by atoms with E-state index in [1.165, 1.54) is 23.5 Å². The van der Waals surface area contributed by atoms with E-state index in [-0.39, 0.29) is 18.0 Å². The van der Waals surface area contributed by atoms with Gasteiger partial charge in [-0.25, -0.2) is 9.18 Å². The molecule has 1 N–H and O–H groups in total. The van der Waals surface area contributed by atoms with Crippen LogP contribution in [0.3, 0.4) is 0 Å². The van der Waals surface area contributed by atoms with Gasteiger partial charge in [0.1, 0.15) is 18.2 Å². The third-order valence-corrected chi connectivity index (χ3v) is 4.16. The Morgan fingerprint density at radius 1 is 1.19 bits per heavy atom. The highest BCUT2D eigenvalue weighted by atomic mass is 32.1. The molecule has 3 nitrogen and oxygen atoms in total. The SMILES string of the molecule is O=C(O)c1cccc2cc(COc3cccc(F)c3)sc12. The van der Waals surface area contributed by atoms with Crippen LogP contribution in [-0.4, -0.2) is 11.1 Å². The van der Waals surface area contributed by atoms with Crippen molar-refractivity contribution in [2.24, 2.45) is 0 Å². The molecule has 0 saturated carbocycles. The quantitative estimate of drug-likeness (QED) is 0.781. The highest BCUT2D eigenvalue weighted by molar-refractivity contribution is 7.19. The van der Waals surface area contributed by atoms with E-state index in [0.29, 0.717) is 5.75 Å². The van der Waals surface area contributed by atoms with Gasteiger partial charge in [-0.3, -0.25) is 0 Å². The summed E-state index contributed by atoms with van der Waals surface area (Å²) in [6.07, 6.45) is 0. The van der Waals surface area contributed by atoms with E-state index >= 15 is 0 Å². The smallest absolute Gasteiger partial charge is 0.337 e. The minimum Gasteiger partial charge on any atom is -0.488 e. The molecule has 0 amide bonds. The molecule has 2 aromatic carbocycles. The van der Waals surface area contributed by atoms with Gasteiger partial charge < -0.3 is 9.84 Å². The second-order valence-electron chi connectivity index (χ2n) is 4.49. The van der Waals surface area contributed by atoms with E-state index in [1.807, 2.05) is 12.1 Å². The molecule has 0 unspecified atom stereocenters. The Kier molecular flexibility index (Phi) is 3.58. The normalized spacial score (nSPS) is 10.7. The summed E-state index contributed by atoms with van der Waals surface area (Å²) in [5.41, 5.74) is 0.287. The first-order valence-corrected chi connectivity index (χ1v) is 7.08. The van der Waals surface area contributed by atoms with Crippen molar-refractivity contribution in [3.05, 3.63) is 64.8 Å². The number of carboxylic acid groups (broad SMARTS) is 1. The first-order valence-electron chi connectivity index (χ1n) is 6.26. The zero-order chi connectivity index (χ0) is 14.8. The van der Waals surface area contributed by atoms with Crippen LogP contribution >= 0.6 is 11.3 Å². The van der Waals surface area contributed by atoms with Crippen molar-refractivity contribution in [2.45, 2.75) is 6.61 Å². The van der Waals surface area contributed by atoms with Crippen LogP contribution in [-0.2, 0) is 6.61 Å². The lowest BCUT2D eigenvalue weighted by molar-refractivity contribution is 0.0699. The Bertz CT molecular complexity index is 810. The molecule has 0 spiro atoms. The van der Waals surface area contributed by atoms with Crippen LogP contribution < -0.4 is 4.74 Å². The summed E-state index contributed by atoms with van der Waals surface area (Å²) in [5.74, 6) is -0.844. The molecule has 0 atom stereocenters. The van der Waals surface area contributed by atoms with Gasteiger partial charge in [-0.15, -0.1) is 11.3 Å². The van der Waals surface area contributed by atoms with Crippen molar-refractivity contribution < 1.29 is 19.0 Å². The minimum absolute atomic E-state index is 0.280. The topological polar surface area (TPSA) is 46.5 Å². The van der Waals surface area contributed by atoms with E-state index in [0.717, 1.165) is 15.0 Å². The second kappa shape index (κ2) is 5.54. The number of halogens is 1. The standard InChI is InChI=1S/C16H11FO3S/c17-11-4-2-5-12(8-11)20-9-13-7-10-3-1-6-14(16(18)19)15(10)21-13/h1-8H,9H2,(H,18,19). The van der Waals surface area contributed by atoms with Crippen LogP contribution in [0.1, 0.15) is 15.2 Å². The number of benzene rings is 2. The highest BCUT2D eigenvalue weighted by Gasteiger charge is 2.11. The molecule has 21 heavy (non-hydrogen) atoms. The highest BCUT2D eigenvalue weighted by Crippen LogP contribution is 2.29. The van der Waals surface area contributed by atoms with Gasteiger partial charge >= 0.3 is 5.97 Å². The first kappa shape index (κ1) is 13.6. The average Bonchev–Trinajstić information content (AvgIpc) is 2.87. The van der Waals surface area contributed by atoms with Gasteiger partial charge in [0.15, 0.2) is 0 Å². The molecule has 0 radical (unpaired) electrons. The zero-order valence-electron chi connectivity index (χ0n) is 10.9. The van der Waals surface area contributed by atoms with Crippen molar-refractivity contribution >= 4 is 27.4 Å². The first-order chi connectivity index (χ1) is 10.1. The molecule has 106 valence electrons. The lowest BCUT2D eigenvalue weighted by Gasteiger charge is -2.03. The fourth-order valence-corrected chi connectivity index (χ4v) is 3.14. The largest absolute Gasteiger partial charge is 0.488 e. The number of rotatable bonds is 4. The molecule has 0 saturated heterocycles. The summed E-state index contributed by atoms with van der Waals surface area (Å²) >= 11 is 1.38. The van der Waals surface area contributed by atoms with Crippen molar-refractivity contribution in [3.63, 3.8) is 0 Å². The van der Waals surface area contributed by atoms with E-state index in [2.05, 4.69) is 0 Å². The van der Waals surface area contributed by atoms with E-state index in [9.17, 15) is 9.18 Å². The molecule has 0 bridgehead atoms. The Labute approximate surface area is 124 Å². The number of carboxylic acids is 1. The predicted octanol–water partition coefficient (Wildman–Crippen LogP) is 4.32. The Morgan fingerprint density at radius 2 is 2.00 bits per heavy atom. The van der Waals surface area contributed by atoms with Crippen LogP contribution in [0.25, 0.3) is 10.1 Å². The van der Waals surface area contributed by atoms with Gasteiger partial charge in [0, 0.05) is 15.6 Å². The molecule has 1 aromatic heterocycles. The Hall–Kier alpha value is -2.40. The Balaban J connectivity index is 1.85. The van der Waals surface area contributed by atoms with E-state index in [1.54, 1.807) is 24.3 Å². The number of hydrogen-bond acceptors (Lipinski definition) is 3. The second-order valence-corrected chi connectivity index (χ2v) is 5.62. The van der Waals surface area contributed by atoms with Gasteiger partial charge in [-0.2, -0.15) is 0 Å². The lowest BCUT2D eigenvalue weighted by Crippen LogP contribution is -1.95. The molecule has 0 aliphatic rings. The number of thiophene rings is 1. The zero-order valence-corrected chi connectivity index (χ0v) is 11.7. The molecule has 0 fully saturated rings. The van der Waals surface area contributed by atoms with Crippen LogP contribution in [0.15, 0.2) is 48.5 Å². The number of ether oxygens (including phenoxy) is 1. The maximum Gasteiger partial charge on any atom is 0.337 e. The summed E-state index contributed by atoms with van der Waals surface area (Å²) in [5, 5.41) is 10.0. The summed E-state index contributed by atoms with van der Waals surface area (Å²) in [7, 11) is 0. The molecule has 0 aliphatic heterocycles. The van der Waals surface area contributed by atoms with Gasteiger partial charge in [-0.05, 0) is 29.7 Å². The predicted molar refractivity (Wildman–Crippen MR) is 79.5 cm³/mol. The number of fused-ring (bicyclic) bond motifs is 1. The van der Waals surface area contributed by atoms with Gasteiger partial charge in [0.25, 0.3) is 0 Å². The van der Waals surface area contributed by atoms with Crippen LogP contribution in [0.4, 0.5) is 4.39 Å². The third kappa shape index (κ3) is 2.87. The number of aromatic carboxylic acids is 1. The molecule has 3 aromatic rings. The Morgan fingerprint density at radius 3 is 2.76 bits per heavy atom. The molecular weight excluding hydrogens is 291 g/mol. The monoisotopic (exact) mass is 302 g/mol. The van der Waals surface area contributed by atoms with Gasteiger partial charge in [0.05, 0.1) is 5.56 Å². The van der Waals surface area contributed by atoms with Crippen molar-refractivity contribution in [1.82, 2.24) is 0 Å². The maximum absolute atomic E-state index is 13.1. The lowest BCUT2D eigenvalue weighted by atomic mass is 10.1. The fourth-order valence-electron chi connectivity index (χ4n) is 2.07. The maximum atomic E-state index is 13.1. The summed E-state index contributed by atoms with van der Waals surface area (Å²) in [4.78, 5) is 12.1. The van der Waals surface area contributed by atoms with Crippen molar-refractivity contribution in [1.29, 1.82) is 0 Å². The van der Waals surface area contributed by atoms with Gasteiger partial charge in [-0.1, -0.05) is 18.2 Å². The molecular formula is C16H11FO3S. The van der Waals surface area contributed by atoms with Gasteiger partial charge in [0.2, 0.25) is 0 Å². The van der Waals surface area contributed by atoms with E-state index in [4.69, 9.17) is 9.84 Å². The summed E-state index contributed by atoms with van der Waals surface area (Å²) in [6, 6.07) is 13.0. The molecule has 0 aliphatic carbocycles. The summed E-state index contributed by atoms with van der Waals surface area (Å²) < 4.78 is 19.3. The van der Waals surface area contributed by atoms with Crippen LogP contribution in [0.5, 0.6) is 5.75 Å². The molecule has 1 heterocycles. The van der Waals surface area contributed by atoms with Crippen molar-refractivity contribution in [2.75, 3.05) is 0 Å². The molecule has 3 rings (SSSR count). The van der Waals surface area contributed by atoms with Crippen molar-refractivity contribution in [3.8, 4) is 5.75 Å². The fraction of sp³-hybridized carbons (Fsp3) is 0.0625. The van der Waals surface area contributed by atoms with E-state index < -0.39 is 5.97 Å². The minimum atomic E-state index is -0.944. The van der Waals surface area contributed by atoms with Crippen LogP contribution in [0, 0.1) is 5.82 Å². The number of carbonyl (C=O) groups is 1. The van der Waals surface area contributed by atoms with Crippen LogP contribution in [0.2, 0.25) is 0 Å². The third-order valence-electron chi connectivity index (χ3n) is 3.00.